The third-order valence-electron chi connectivity index (χ3n) is 4.74. The lowest BCUT2D eigenvalue weighted by Gasteiger charge is -2.20. The van der Waals surface area contributed by atoms with E-state index < -0.39 is 0 Å². The topological polar surface area (TPSA) is 61.8 Å². The highest BCUT2D eigenvalue weighted by Gasteiger charge is 2.25. The Balaban J connectivity index is 0.00000320. The van der Waals surface area contributed by atoms with Crippen LogP contribution in [0.15, 0.2) is 47.6 Å². The maximum atomic E-state index is 12.9. The van der Waals surface area contributed by atoms with Gasteiger partial charge in [-0.1, -0.05) is 11.6 Å². The minimum Gasteiger partial charge on any atom is -0.494 e. The average molecular weight is 548 g/mol. The first-order valence-corrected chi connectivity index (χ1v) is 10.2. The fraction of sp³-hybridized carbons (Fsp3) is 0.429. The van der Waals surface area contributed by atoms with E-state index in [4.69, 9.17) is 16.3 Å². The third-order valence-corrected chi connectivity index (χ3v) is 5.03. The fourth-order valence-electron chi connectivity index (χ4n) is 3.22. The Hall–Kier alpha value is -1.81. The number of hydrogen-bond donors (Lipinski definition) is 2. The molecule has 0 radical (unpaired) electrons. The normalized spacial score (nSPS) is 16.2. The van der Waals surface area contributed by atoms with Crippen LogP contribution in [-0.4, -0.2) is 50.3 Å². The van der Waals surface area contributed by atoms with Gasteiger partial charge in [-0.3, -0.25) is 4.99 Å². The largest absolute Gasteiger partial charge is 0.494 e. The van der Waals surface area contributed by atoms with Crippen LogP contribution in [0.2, 0.25) is 5.02 Å². The van der Waals surface area contributed by atoms with Crippen molar-refractivity contribution in [1.29, 1.82) is 0 Å². The zero-order chi connectivity index (χ0) is 20.5. The molecule has 1 fully saturated rings. The van der Waals surface area contributed by atoms with Gasteiger partial charge < -0.3 is 20.3 Å². The molecule has 1 aliphatic heterocycles. The molecule has 6 nitrogen and oxygen atoms in total. The molecule has 0 amide bonds. The Bertz CT molecular complexity index is 808. The number of unbranched alkanes of at least 4 members (excludes halogenated alkanes) is 1. The Labute approximate surface area is 199 Å². The van der Waals surface area contributed by atoms with Crippen LogP contribution in [0.3, 0.4) is 0 Å². The van der Waals surface area contributed by atoms with Crippen LogP contribution in [0.4, 0.5) is 10.2 Å². The van der Waals surface area contributed by atoms with Gasteiger partial charge in [0.05, 0.1) is 11.6 Å². The molecule has 1 aromatic carbocycles. The summed E-state index contributed by atoms with van der Waals surface area (Å²) in [4.78, 5) is 10.9. The van der Waals surface area contributed by atoms with E-state index in [0.717, 1.165) is 50.7 Å². The van der Waals surface area contributed by atoms with Crippen molar-refractivity contribution >= 4 is 47.4 Å². The molecule has 3 rings (SSSR count). The van der Waals surface area contributed by atoms with E-state index in [1.54, 1.807) is 25.4 Å². The second-order valence-corrected chi connectivity index (χ2v) is 7.30. The first kappa shape index (κ1) is 24.5. The van der Waals surface area contributed by atoms with E-state index >= 15 is 0 Å². The number of nitrogens with one attached hydrogen (secondary N) is 2. The summed E-state index contributed by atoms with van der Waals surface area (Å²) in [5.41, 5.74) is 0. The number of anilines is 1. The summed E-state index contributed by atoms with van der Waals surface area (Å²) >= 11 is 6.25. The summed E-state index contributed by atoms with van der Waals surface area (Å²) in [5.74, 6) is 2.07. The maximum Gasteiger partial charge on any atom is 0.191 e. The summed E-state index contributed by atoms with van der Waals surface area (Å²) in [6, 6.07) is 10.1. The molecular formula is C21H28ClFIN5O. The van der Waals surface area contributed by atoms with Crippen LogP contribution in [0.1, 0.15) is 19.3 Å². The van der Waals surface area contributed by atoms with Crippen molar-refractivity contribution in [2.75, 3.05) is 38.2 Å². The van der Waals surface area contributed by atoms with Crippen LogP contribution in [0, 0.1) is 5.82 Å². The lowest BCUT2D eigenvalue weighted by Crippen LogP contribution is -2.45. The van der Waals surface area contributed by atoms with Gasteiger partial charge in [-0.25, -0.2) is 9.37 Å². The Morgan fingerprint density at radius 2 is 2.10 bits per heavy atom. The van der Waals surface area contributed by atoms with E-state index in [1.807, 2.05) is 12.1 Å². The lowest BCUT2D eigenvalue weighted by molar-refractivity contribution is 0.306. The SMILES string of the molecule is CN=C(NCCCCOc1ccc(F)cc1)NC1CCN(c2ncccc2Cl)C1.I. The smallest absolute Gasteiger partial charge is 0.191 e. The molecule has 30 heavy (non-hydrogen) atoms. The minimum atomic E-state index is -0.256. The number of ether oxygens (including phenoxy) is 1. The predicted octanol–water partition coefficient (Wildman–Crippen LogP) is 4.10. The molecule has 1 aliphatic rings. The number of nitrogens with zero attached hydrogens (tertiary/aromatic N) is 3. The standard InChI is InChI=1S/C21H27ClFN5O.HI/c1-24-21(26-11-2-3-14-29-18-8-6-16(23)7-9-18)27-17-10-13-28(15-17)20-19(22)5-4-12-25-20;/h4-9,12,17H,2-3,10-11,13-15H2,1H3,(H2,24,26,27);1H. The van der Waals surface area contributed by atoms with Crippen LogP contribution >= 0.6 is 35.6 Å². The maximum absolute atomic E-state index is 12.9. The Morgan fingerprint density at radius 1 is 1.30 bits per heavy atom. The summed E-state index contributed by atoms with van der Waals surface area (Å²) in [7, 11) is 1.77. The molecule has 1 saturated heterocycles. The van der Waals surface area contributed by atoms with Crippen molar-refractivity contribution in [3.63, 3.8) is 0 Å². The van der Waals surface area contributed by atoms with Crippen LogP contribution in [0.25, 0.3) is 0 Å². The molecule has 0 aliphatic carbocycles. The van der Waals surface area contributed by atoms with Crippen molar-refractivity contribution < 1.29 is 9.13 Å². The molecule has 9 heteroatoms. The number of pyridine rings is 1. The van der Waals surface area contributed by atoms with Crippen molar-refractivity contribution in [3.05, 3.63) is 53.4 Å². The van der Waals surface area contributed by atoms with E-state index in [-0.39, 0.29) is 29.8 Å². The van der Waals surface area contributed by atoms with Crippen molar-refractivity contribution in [3.8, 4) is 5.75 Å². The number of benzene rings is 1. The Morgan fingerprint density at radius 3 is 2.83 bits per heavy atom. The number of hydrogen-bond acceptors (Lipinski definition) is 4. The van der Waals surface area contributed by atoms with Gasteiger partial charge in [0.15, 0.2) is 5.96 Å². The van der Waals surface area contributed by atoms with Crippen LogP contribution < -0.4 is 20.3 Å². The van der Waals surface area contributed by atoms with E-state index in [0.29, 0.717) is 23.4 Å². The third kappa shape index (κ3) is 7.46. The Kier molecular flexibility index (Phi) is 10.4. The van der Waals surface area contributed by atoms with Gasteiger partial charge in [0.1, 0.15) is 17.4 Å². The number of halogens is 3. The highest BCUT2D eigenvalue weighted by molar-refractivity contribution is 14.0. The van der Waals surface area contributed by atoms with Crippen LogP contribution in [0.5, 0.6) is 5.75 Å². The van der Waals surface area contributed by atoms with Gasteiger partial charge in [-0.15, -0.1) is 24.0 Å². The van der Waals surface area contributed by atoms with Crippen LogP contribution in [-0.2, 0) is 0 Å². The molecule has 0 bridgehead atoms. The van der Waals surface area contributed by atoms with Gasteiger partial charge >= 0.3 is 0 Å². The molecule has 0 spiro atoms. The summed E-state index contributed by atoms with van der Waals surface area (Å²) in [6.45, 7) is 3.14. The van der Waals surface area contributed by atoms with E-state index in [9.17, 15) is 4.39 Å². The summed E-state index contributed by atoms with van der Waals surface area (Å²) < 4.78 is 18.5. The quantitative estimate of drug-likeness (QED) is 0.226. The van der Waals surface area contributed by atoms with Gasteiger partial charge in [0.25, 0.3) is 0 Å². The number of guanidine groups is 1. The molecule has 1 atom stereocenters. The first-order chi connectivity index (χ1) is 14.2. The van der Waals surface area contributed by atoms with Gasteiger partial charge in [0, 0.05) is 38.9 Å². The highest BCUT2D eigenvalue weighted by atomic mass is 127. The molecule has 1 aromatic heterocycles. The van der Waals surface area contributed by atoms with E-state index in [1.165, 1.54) is 12.1 Å². The lowest BCUT2D eigenvalue weighted by atomic mass is 10.3. The van der Waals surface area contributed by atoms with Crippen molar-refractivity contribution in [2.45, 2.75) is 25.3 Å². The number of rotatable bonds is 8. The van der Waals surface area contributed by atoms with Gasteiger partial charge in [-0.05, 0) is 55.7 Å². The fourth-order valence-corrected chi connectivity index (χ4v) is 3.46. The summed E-state index contributed by atoms with van der Waals surface area (Å²) in [5, 5.41) is 7.49. The summed E-state index contributed by atoms with van der Waals surface area (Å²) in [6.07, 6.45) is 4.61. The molecule has 2 N–H and O–H groups in total. The highest BCUT2D eigenvalue weighted by Crippen LogP contribution is 2.25. The minimum absolute atomic E-state index is 0. The van der Waals surface area contributed by atoms with Crippen molar-refractivity contribution in [2.24, 2.45) is 4.99 Å². The predicted molar refractivity (Wildman–Crippen MR) is 131 cm³/mol. The molecular weight excluding hydrogens is 520 g/mol. The molecule has 2 heterocycles. The number of aromatic nitrogens is 1. The monoisotopic (exact) mass is 547 g/mol. The number of aliphatic imine (C=N–C) groups is 1. The van der Waals surface area contributed by atoms with Crippen molar-refractivity contribution in [1.82, 2.24) is 15.6 Å². The second-order valence-electron chi connectivity index (χ2n) is 6.89. The van der Waals surface area contributed by atoms with E-state index in [2.05, 4.69) is 25.5 Å². The molecule has 164 valence electrons. The first-order valence-electron chi connectivity index (χ1n) is 9.86. The average Bonchev–Trinajstić information content (AvgIpc) is 3.19. The second kappa shape index (κ2) is 12.8. The molecule has 1 unspecified atom stereocenters. The molecule has 2 aromatic rings. The van der Waals surface area contributed by atoms with Gasteiger partial charge in [-0.2, -0.15) is 0 Å². The zero-order valence-electron chi connectivity index (χ0n) is 17.0. The zero-order valence-corrected chi connectivity index (χ0v) is 20.1. The molecule has 0 saturated carbocycles. The van der Waals surface area contributed by atoms with Gasteiger partial charge in [0.2, 0.25) is 0 Å².